The smallest absolute Gasteiger partial charge is 0.296 e. The van der Waals surface area contributed by atoms with Crippen molar-refractivity contribution in [3.8, 4) is 0 Å². The molecule has 1 aliphatic heterocycles. The molecule has 0 unspecified atom stereocenters. The summed E-state index contributed by atoms with van der Waals surface area (Å²) < 4.78 is 40.4. The third-order valence-electron chi connectivity index (χ3n) is 3.34. The lowest BCUT2D eigenvalue weighted by atomic mass is 10.0. The van der Waals surface area contributed by atoms with Gasteiger partial charge < -0.3 is 0 Å². The standard InChI is InChI=1S/C15H13F3N4OS/c1-2-7-19-8-9-12(15(16,17)18)21-22(13(9)23)14-20-10-5-3-4-6-11(10)24-14/h3-6,8-9H,2,7H2,1H3/t9-/m1/s1. The van der Waals surface area contributed by atoms with Crippen LogP contribution in [-0.2, 0) is 4.79 Å². The number of benzene rings is 1. The molecule has 0 fully saturated rings. The average molecular weight is 354 g/mol. The van der Waals surface area contributed by atoms with Gasteiger partial charge in [-0.15, -0.1) is 0 Å². The van der Waals surface area contributed by atoms with E-state index in [2.05, 4.69) is 15.1 Å². The number of aromatic nitrogens is 1. The van der Waals surface area contributed by atoms with Crippen LogP contribution in [0.25, 0.3) is 10.2 Å². The van der Waals surface area contributed by atoms with E-state index in [-0.39, 0.29) is 5.13 Å². The molecule has 24 heavy (non-hydrogen) atoms. The van der Waals surface area contributed by atoms with Crippen molar-refractivity contribution in [1.82, 2.24) is 4.98 Å². The Labute approximate surface area is 139 Å². The summed E-state index contributed by atoms with van der Waals surface area (Å²) in [7, 11) is 0. The zero-order valence-corrected chi connectivity index (χ0v) is 13.4. The van der Waals surface area contributed by atoms with Gasteiger partial charge in [-0.25, -0.2) is 4.98 Å². The van der Waals surface area contributed by atoms with Gasteiger partial charge in [-0.1, -0.05) is 30.4 Å². The summed E-state index contributed by atoms with van der Waals surface area (Å²) in [6.45, 7) is 2.20. The van der Waals surface area contributed by atoms with E-state index < -0.39 is 23.7 Å². The second-order valence-corrected chi connectivity index (χ2v) is 6.14. The molecule has 2 aromatic rings. The number of carbonyl (C=O) groups is 1. The number of thiazole rings is 1. The number of para-hydroxylation sites is 1. The molecule has 3 rings (SSSR count). The summed E-state index contributed by atoms with van der Waals surface area (Å²) in [6.07, 6.45) is -2.99. The first-order valence-corrected chi connectivity index (χ1v) is 8.08. The Morgan fingerprint density at radius 1 is 1.38 bits per heavy atom. The first-order chi connectivity index (χ1) is 11.4. The van der Waals surface area contributed by atoms with Gasteiger partial charge in [0.1, 0.15) is 5.92 Å². The van der Waals surface area contributed by atoms with E-state index in [1.807, 2.05) is 6.92 Å². The van der Waals surface area contributed by atoms with Crippen molar-refractivity contribution in [3.63, 3.8) is 0 Å². The molecule has 9 heteroatoms. The van der Waals surface area contributed by atoms with Crippen LogP contribution in [0.4, 0.5) is 18.3 Å². The number of alkyl halides is 3. The Bertz CT molecular complexity index is 794. The summed E-state index contributed by atoms with van der Waals surface area (Å²) >= 11 is 1.12. The van der Waals surface area contributed by atoms with Gasteiger partial charge in [0.25, 0.3) is 5.91 Å². The van der Waals surface area contributed by atoms with E-state index in [0.29, 0.717) is 18.5 Å². The number of hydrazone groups is 1. The fourth-order valence-electron chi connectivity index (χ4n) is 2.23. The van der Waals surface area contributed by atoms with Crippen molar-refractivity contribution in [3.05, 3.63) is 24.3 Å². The highest BCUT2D eigenvalue weighted by molar-refractivity contribution is 7.22. The summed E-state index contributed by atoms with van der Waals surface area (Å²) in [5.74, 6) is -2.32. The van der Waals surface area contributed by atoms with E-state index in [0.717, 1.165) is 27.3 Å². The van der Waals surface area contributed by atoms with E-state index in [1.165, 1.54) is 0 Å². The van der Waals surface area contributed by atoms with Gasteiger partial charge in [0, 0.05) is 12.8 Å². The molecule has 1 aliphatic rings. The largest absolute Gasteiger partial charge is 0.432 e. The molecule has 5 nitrogen and oxygen atoms in total. The highest BCUT2D eigenvalue weighted by atomic mass is 32.1. The van der Waals surface area contributed by atoms with Crippen LogP contribution < -0.4 is 5.01 Å². The zero-order chi connectivity index (χ0) is 17.3. The molecule has 0 bridgehead atoms. The molecular weight excluding hydrogens is 341 g/mol. The maximum atomic E-state index is 13.2. The van der Waals surface area contributed by atoms with Crippen LogP contribution in [0.15, 0.2) is 34.4 Å². The van der Waals surface area contributed by atoms with Crippen LogP contribution in [0.5, 0.6) is 0 Å². The Morgan fingerprint density at radius 3 is 2.79 bits per heavy atom. The van der Waals surface area contributed by atoms with Gasteiger partial charge in [0.05, 0.1) is 10.2 Å². The molecule has 1 atom stereocenters. The third kappa shape index (κ3) is 3.03. The fraction of sp³-hybridized carbons (Fsp3) is 0.333. The van der Waals surface area contributed by atoms with Crippen molar-refractivity contribution in [2.24, 2.45) is 16.0 Å². The zero-order valence-electron chi connectivity index (χ0n) is 12.6. The van der Waals surface area contributed by atoms with Crippen LogP contribution in [0, 0.1) is 5.92 Å². The van der Waals surface area contributed by atoms with Crippen LogP contribution in [-0.4, -0.2) is 35.5 Å². The number of aliphatic imine (C=N–C) groups is 1. The number of amides is 1. The number of anilines is 1. The predicted molar refractivity (Wildman–Crippen MR) is 87.7 cm³/mol. The Hall–Kier alpha value is -2.29. The fourth-order valence-corrected chi connectivity index (χ4v) is 3.15. The molecule has 1 aromatic heterocycles. The van der Waals surface area contributed by atoms with Gasteiger partial charge in [0.2, 0.25) is 5.13 Å². The van der Waals surface area contributed by atoms with E-state index in [1.54, 1.807) is 24.3 Å². The summed E-state index contributed by atoms with van der Waals surface area (Å²) in [4.78, 5) is 20.5. The highest BCUT2D eigenvalue weighted by Gasteiger charge is 2.50. The van der Waals surface area contributed by atoms with Crippen LogP contribution in [0.3, 0.4) is 0 Å². The van der Waals surface area contributed by atoms with Gasteiger partial charge >= 0.3 is 6.18 Å². The molecule has 0 aliphatic carbocycles. The van der Waals surface area contributed by atoms with Crippen molar-refractivity contribution < 1.29 is 18.0 Å². The first-order valence-electron chi connectivity index (χ1n) is 7.27. The Balaban J connectivity index is 1.99. The number of hydrogen-bond donors (Lipinski definition) is 0. The maximum absolute atomic E-state index is 13.2. The second kappa shape index (κ2) is 6.31. The minimum Gasteiger partial charge on any atom is -0.296 e. The normalized spacial score (nSPS) is 18.8. The van der Waals surface area contributed by atoms with Gasteiger partial charge in [-0.3, -0.25) is 9.79 Å². The highest BCUT2D eigenvalue weighted by Crippen LogP contribution is 2.35. The lowest BCUT2D eigenvalue weighted by Gasteiger charge is -2.09. The minimum absolute atomic E-state index is 0.120. The van der Waals surface area contributed by atoms with Gasteiger partial charge in [0.15, 0.2) is 5.71 Å². The molecule has 0 N–H and O–H groups in total. The summed E-state index contributed by atoms with van der Waals surface area (Å²) in [5, 5.41) is 4.35. The Kier molecular flexibility index (Phi) is 4.35. The number of rotatable bonds is 4. The average Bonchev–Trinajstić information content (AvgIpc) is 3.08. The lowest BCUT2D eigenvalue weighted by molar-refractivity contribution is -0.119. The van der Waals surface area contributed by atoms with Crippen molar-refractivity contribution in [2.45, 2.75) is 19.5 Å². The molecular formula is C15H13F3N4OS. The number of fused-ring (bicyclic) bond motifs is 1. The van der Waals surface area contributed by atoms with Crippen LogP contribution in [0.1, 0.15) is 13.3 Å². The monoisotopic (exact) mass is 354 g/mol. The van der Waals surface area contributed by atoms with Crippen molar-refractivity contribution in [2.75, 3.05) is 11.6 Å². The minimum atomic E-state index is -4.70. The number of hydrogen-bond acceptors (Lipinski definition) is 5. The molecule has 0 saturated carbocycles. The van der Waals surface area contributed by atoms with Crippen LogP contribution in [0.2, 0.25) is 0 Å². The SMILES string of the molecule is CCCN=C[C@H]1C(=O)N(c2nc3ccccc3s2)N=C1C(F)(F)F. The number of carbonyl (C=O) groups excluding carboxylic acids is 1. The van der Waals surface area contributed by atoms with Crippen LogP contribution >= 0.6 is 11.3 Å². The first kappa shape index (κ1) is 16.6. The molecule has 0 spiro atoms. The van der Waals surface area contributed by atoms with Gasteiger partial charge in [-0.05, 0) is 18.6 Å². The molecule has 2 heterocycles. The van der Waals surface area contributed by atoms with E-state index in [9.17, 15) is 18.0 Å². The maximum Gasteiger partial charge on any atom is 0.432 e. The Morgan fingerprint density at radius 2 is 2.12 bits per heavy atom. The number of nitrogens with zero attached hydrogens (tertiary/aromatic N) is 4. The lowest BCUT2D eigenvalue weighted by Crippen LogP contribution is -2.34. The summed E-state index contributed by atoms with van der Waals surface area (Å²) in [6, 6.07) is 7.07. The topological polar surface area (TPSA) is 57.9 Å². The predicted octanol–water partition coefficient (Wildman–Crippen LogP) is 3.66. The second-order valence-electron chi connectivity index (χ2n) is 5.13. The molecule has 0 radical (unpaired) electrons. The molecule has 1 aromatic carbocycles. The van der Waals surface area contributed by atoms with Crippen molar-refractivity contribution in [1.29, 1.82) is 0 Å². The summed E-state index contributed by atoms with van der Waals surface area (Å²) in [5.41, 5.74) is -0.552. The molecule has 0 saturated heterocycles. The quantitative estimate of drug-likeness (QED) is 0.787. The van der Waals surface area contributed by atoms with E-state index in [4.69, 9.17) is 0 Å². The van der Waals surface area contributed by atoms with Crippen molar-refractivity contribution >= 4 is 44.5 Å². The number of halogens is 3. The molecule has 126 valence electrons. The third-order valence-corrected chi connectivity index (χ3v) is 4.35. The van der Waals surface area contributed by atoms with Gasteiger partial charge in [-0.2, -0.15) is 23.3 Å². The van der Waals surface area contributed by atoms with E-state index >= 15 is 0 Å². The molecule has 1 amide bonds.